The lowest BCUT2D eigenvalue weighted by Gasteiger charge is -2.34. The van der Waals surface area contributed by atoms with Gasteiger partial charge in [0.1, 0.15) is 18.4 Å². The predicted octanol–water partition coefficient (Wildman–Crippen LogP) is 6.25. The zero-order valence-electron chi connectivity index (χ0n) is 22.9. The van der Waals surface area contributed by atoms with Gasteiger partial charge in [0.15, 0.2) is 0 Å². The van der Waals surface area contributed by atoms with Crippen molar-refractivity contribution in [2.45, 2.75) is 50.7 Å². The third kappa shape index (κ3) is 8.16. The van der Waals surface area contributed by atoms with Crippen LogP contribution in [0.2, 0.25) is 15.1 Å². The van der Waals surface area contributed by atoms with Crippen LogP contribution in [0.3, 0.4) is 0 Å². The number of anilines is 1. The molecule has 1 atom stereocenters. The van der Waals surface area contributed by atoms with Gasteiger partial charge < -0.3 is 10.2 Å². The SMILES string of the molecule is CS(=O)(=O)N(CC(=O)N(Cc1c(Cl)cccc1Cl)[C@H](Cc1ccccc1)C(=O)NC1CCCC1)c1ccc(F)c(Cl)c1. The molecule has 3 aromatic rings. The number of hydrogen-bond donors (Lipinski definition) is 1. The van der Waals surface area contributed by atoms with Gasteiger partial charge >= 0.3 is 0 Å². The van der Waals surface area contributed by atoms with Crippen LogP contribution in [0.25, 0.3) is 0 Å². The maximum absolute atomic E-state index is 14.2. The zero-order valence-corrected chi connectivity index (χ0v) is 26.0. The van der Waals surface area contributed by atoms with Gasteiger partial charge in [-0.1, -0.05) is 84.0 Å². The standard InChI is InChI=1S/C30H31Cl3FN3O4S/c1-42(40,41)37(22-14-15-27(34)26(33)17-22)19-29(38)36(18-23-24(31)12-7-13-25(23)32)28(16-20-8-3-2-4-9-20)30(39)35-21-10-5-6-11-21/h2-4,7-9,12-15,17,21,28H,5-6,10-11,16,18-19H2,1H3,(H,35,39)/t28-/m1/s1. The van der Waals surface area contributed by atoms with Crippen LogP contribution in [0.4, 0.5) is 10.1 Å². The second-order valence-corrected chi connectivity index (χ2v) is 13.4. The Bertz CT molecular complexity index is 1520. The molecular weight excluding hydrogens is 624 g/mol. The van der Waals surface area contributed by atoms with Crippen LogP contribution in [-0.2, 0) is 32.6 Å². The highest BCUT2D eigenvalue weighted by molar-refractivity contribution is 7.92. The van der Waals surface area contributed by atoms with Crippen LogP contribution >= 0.6 is 34.8 Å². The highest BCUT2D eigenvalue weighted by Gasteiger charge is 2.35. The average Bonchev–Trinajstić information content (AvgIpc) is 3.45. The molecule has 0 spiro atoms. The van der Waals surface area contributed by atoms with E-state index in [0.717, 1.165) is 53.9 Å². The molecule has 1 N–H and O–H groups in total. The van der Waals surface area contributed by atoms with E-state index in [-0.39, 0.29) is 35.6 Å². The molecule has 4 rings (SSSR count). The Morgan fingerprint density at radius 3 is 2.19 bits per heavy atom. The molecule has 2 amide bonds. The summed E-state index contributed by atoms with van der Waals surface area (Å²) in [5.41, 5.74) is 1.22. The lowest BCUT2D eigenvalue weighted by Crippen LogP contribution is -2.54. The molecule has 1 saturated carbocycles. The van der Waals surface area contributed by atoms with Gasteiger partial charge in [0.05, 0.1) is 17.0 Å². The van der Waals surface area contributed by atoms with Gasteiger partial charge in [0.25, 0.3) is 0 Å². The van der Waals surface area contributed by atoms with Gasteiger partial charge in [-0.2, -0.15) is 0 Å². The molecule has 1 aliphatic carbocycles. The Hall–Kier alpha value is -2.85. The molecule has 42 heavy (non-hydrogen) atoms. The second-order valence-electron chi connectivity index (χ2n) is 10.3. The molecule has 0 aliphatic heterocycles. The lowest BCUT2D eigenvalue weighted by molar-refractivity contribution is -0.140. The van der Waals surface area contributed by atoms with Crippen molar-refractivity contribution >= 4 is 62.3 Å². The Morgan fingerprint density at radius 2 is 1.60 bits per heavy atom. The summed E-state index contributed by atoms with van der Waals surface area (Å²) in [7, 11) is -4.04. The summed E-state index contributed by atoms with van der Waals surface area (Å²) in [5.74, 6) is -1.78. The van der Waals surface area contributed by atoms with Crippen LogP contribution in [0.15, 0.2) is 66.7 Å². The predicted molar refractivity (Wildman–Crippen MR) is 165 cm³/mol. The quantitative estimate of drug-likeness (QED) is 0.265. The van der Waals surface area contributed by atoms with Crippen molar-refractivity contribution in [2.75, 3.05) is 17.1 Å². The summed E-state index contributed by atoms with van der Waals surface area (Å²) in [5, 5.41) is 3.37. The fraction of sp³-hybridized carbons (Fsp3) is 0.333. The molecule has 1 aliphatic rings. The van der Waals surface area contributed by atoms with E-state index in [9.17, 15) is 22.4 Å². The molecule has 0 heterocycles. The largest absolute Gasteiger partial charge is 0.352 e. The number of halogens is 4. The number of hydrogen-bond acceptors (Lipinski definition) is 4. The lowest BCUT2D eigenvalue weighted by atomic mass is 10.0. The number of nitrogens with zero attached hydrogens (tertiary/aromatic N) is 2. The summed E-state index contributed by atoms with van der Waals surface area (Å²) in [6, 6.07) is 16.5. The normalized spacial score (nSPS) is 14.4. The Labute approximate surface area is 260 Å². The molecule has 0 bridgehead atoms. The average molecular weight is 655 g/mol. The maximum Gasteiger partial charge on any atom is 0.244 e. The number of sulfonamides is 1. The number of rotatable bonds is 11. The summed E-state index contributed by atoms with van der Waals surface area (Å²) in [6.45, 7) is -0.834. The summed E-state index contributed by atoms with van der Waals surface area (Å²) >= 11 is 18.9. The van der Waals surface area contributed by atoms with Crippen molar-refractivity contribution in [3.63, 3.8) is 0 Å². The molecule has 0 aromatic heterocycles. The Morgan fingerprint density at radius 1 is 0.952 bits per heavy atom. The number of amides is 2. The highest BCUT2D eigenvalue weighted by Crippen LogP contribution is 2.29. The first-order chi connectivity index (χ1) is 19.9. The van der Waals surface area contributed by atoms with Gasteiger partial charge in [0.2, 0.25) is 21.8 Å². The van der Waals surface area contributed by atoms with Gasteiger partial charge in [0, 0.05) is 34.6 Å². The molecule has 1 fully saturated rings. The number of benzene rings is 3. The minimum atomic E-state index is -4.04. The van der Waals surface area contributed by atoms with Crippen LogP contribution in [0.1, 0.15) is 36.8 Å². The molecular formula is C30H31Cl3FN3O4S. The van der Waals surface area contributed by atoms with Crippen molar-refractivity contribution in [3.05, 3.63) is 98.7 Å². The molecule has 7 nitrogen and oxygen atoms in total. The first-order valence-corrected chi connectivity index (χ1v) is 16.4. The topological polar surface area (TPSA) is 86.8 Å². The first kappa shape index (κ1) is 32.1. The highest BCUT2D eigenvalue weighted by atomic mass is 35.5. The third-order valence-corrected chi connectivity index (χ3v) is 9.37. The van der Waals surface area contributed by atoms with Crippen LogP contribution in [-0.4, -0.2) is 50.0 Å². The van der Waals surface area contributed by atoms with Crippen LogP contribution in [0.5, 0.6) is 0 Å². The molecule has 3 aromatic carbocycles. The molecule has 0 unspecified atom stereocenters. The summed E-state index contributed by atoms with van der Waals surface area (Å²) in [6.07, 6.45) is 4.75. The monoisotopic (exact) mass is 653 g/mol. The van der Waals surface area contributed by atoms with E-state index >= 15 is 0 Å². The van der Waals surface area contributed by atoms with E-state index in [1.54, 1.807) is 18.2 Å². The van der Waals surface area contributed by atoms with Gasteiger partial charge in [-0.25, -0.2) is 12.8 Å². The van der Waals surface area contributed by atoms with Crippen molar-refractivity contribution in [2.24, 2.45) is 0 Å². The smallest absolute Gasteiger partial charge is 0.244 e. The van der Waals surface area contributed by atoms with Gasteiger partial charge in [-0.3, -0.25) is 13.9 Å². The maximum atomic E-state index is 14.2. The van der Waals surface area contributed by atoms with Crippen molar-refractivity contribution in [3.8, 4) is 0 Å². The van der Waals surface area contributed by atoms with E-state index in [4.69, 9.17) is 34.8 Å². The first-order valence-electron chi connectivity index (χ1n) is 13.4. The number of carbonyl (C=O) groups is 2. The fourth-order valence-electron chi connectivity index (χ4n) is 5.03. The molecule has 0 saturated heterocycles. The van der Waals surface area contributed by atoms with E-state index in [1.807, 2.05) is 30.3 Å². The van der Waals surface area contributed by atoms with E-state index in [2.05, 4.69) is 5.32 Å². The van der Waals surface area contributed by atoms with Crippen molar-refractivity contribution < 1.29 is 22.4 Å². The number of nitrogens with one attached hydrogen (secondary N) is 1. The van der Waals surface area contributed by atoms with Crippen LogP contribution in [0, 0.1) is 5.82 Å². The molecule has 0 radical (unpaired) electrons. The summed E-state index contributed by atoms with van der Waals surface area (Å²) < 4.78 is 40.5. The minimum Gasteiger partial charge on any atom is -0.352 e. The second kappa shape index (κ2) is 14.1. The van der Waals surface area contributed by atoms with Gasteiger partial charge in [-0.15, -0.1) is 0 Å². The molecule has 12 heteroatoms. The Kier molecular flexibility index (Phi) is 10.8. The minimum absolute atomic E-state index is 0.00277. The Balaban J connectivity index is 1.77. The van der Waals surface area contributed by atoms with Gasteiger partial charge in [-0.05, 0) is 48.7 Å². The fourth-order valence-corrected chi connectivity index (χ4v) is 6.56. The van der Waals surface area contributed by atoms with Crippen molar-refractivity contribution in [1.82, 2.24) is 10.2 Å². The van der Waals surface area contributed by atoms with Crippen LogP contribution < -0.4 is 9.62 Å². The number of carbonyl (C=O) groups excluding carboxylic acids is 2. The third-order valence-electron chi connectivity index (χ3n) is 7.23. The summed E-state index contributed by atoms with van der Waals surface area (Å²) in [4.78, 5) is 29.4. The van der Waals surface area contributed by atoms with E-state index in [1.165, 1.54) is 11.0 Å². The molecule has 224 valence electrons. The zero-order chi connectivity index (χ0) is 30.4. The van der Waals surface area contributed by atoms with Crippen molar-refractivity contribution in [1.29, 1.82) is 0 Å². The van der Waals surface area contributed by atoms with E-state index < -0.39 is 34.3 Å². The van der Waals surface area contributed by atoms with E-state index in [0.29, 0.717) is 15.6 Å².